The van der Waals surface area contributed by atoms with E-state index in [1.54, 1.807) is 12.3 Å². The molecule has 1 unspecified atom stereocenters. The predicted molar refractivity (Wildman–Crippen MR) is 146 cm³/mol. The van der Waals surface area contributed by atoms with Crippen LogP contribution in [0.2, 0.25) is 0 Å². The predicted octanol–water partition coefficient (Wildman–Crippen LogP) is 2.84. The first kappa shape index (κ1) is 30.9. The first-order valence-corrected chi connectivity index (χ1v) is 14.4. The van der Waals surface area contributed by atoms with Crippen molar-refractivity contribution in [2.75, 3.05) is 13.2 Å². The van der Waals surface area contributed by atoms with E-state index in [1.807, 2.05) is 26.8 Å². The number of aromatic nitrogens is 4. The van der Waals surface area contributed by atoms with Gasteiger partial charge in [-0.1, -0.05) is 11.3 Å². The lowest BCUT2D eigenvalue weighted by Gasteiger charge is -2.48. The molecule has 14 heteroatoms. The second kappa shape index (κ2) is 11.8. The molecule has 228 valence electrons. The summed E-state index contributed by atoms with van der Waals surface area (Å²) >= 11 is 1.11. The van der Waals surface area contributed by atoms with E-state index >= 15 is 0 Å². The summed E-state index contributed by atoms with van der Waals surface area (Å²) < 4.78 is 54.1. The van der Waals surface area contributed by atoms with Gasteiger partial charge < -0.3 is 29.9 Å². The number of thioether (sulfide) groups is 1. The molecule has 42 heavy (non-hydrogen) atoms. The third-order valence-electron chi connectivity index (χ3n) is 7.76. The summed E-state index contributed by atoms with van der Waals surface area (Å²) in [4.78, 5) is 4.55. The molecule has 10 nitrogen and oxygen atoms in total. The maximum absolute atomic E-state index is 13.9. The van der Waals surface area contributed by atoms with Crippen molar-refractivity contribution in [2.45, 2.75) is 79.9 Å². The lowest BCUT2D eigenvalue weighted by Crippen LogP contribution is -2.56. The van der Waals surface area contributed by atoms with Crippen LogP contribution in [0.25, 0.3) is 11.3 Å². The highest BCUT2D eigenvalue weighted by Crippen LogP contribution is 2.51. The second-order valence-corrected chi connectivity index (χ2v) is 12.6. The second-order valence-electron chi connectivity index (χ2n) is 11.4. The molecule has 0 aliphatic carbocycles. The minimum atomic E-state index is -1.63. The average molecular weight is 611 g/mol. The minimum Gasteiger partial charge on any atom is -0.394 e. The lowest BCUT2D eigenvalue weighted by atomic mass is 9.80. The Morgan fingerprint density at radius 1 is 1.17 bits per heavy atom. The van der Waals surface area contributed by atoms with Crippen LogP contribution in [0.15, 0.2) is 36.7 Å². The van der Waals surface area contributed by atoms with E-state index < -0.39 is 70.3 Å². The molecule has 2 aliphatic rings. The first-order valence-electron chi connectivity index (χ1n) is 13.5. The Labute approximate surface area is 244 Å². The van der Waals surface area contributed by atoms with Crippen LogP contribution >= 0.6 is 11.8 Å². The van der Waals surface area contributed by atoms with E-state index in [2.05, 4.69) is 15.3 Å². The van der Waals surface area contributed by atoms with Gasteiger partial charge >= 0.3 is 0 Å². The normalized spacial score (nSPS) is 30.3. The Hall–Kier alpha value is -2.59. The average Bonchev–Trinajstić information content (AvgIpc) is 3.41. The third kappa shape index (κ3) is 5.94. The zero-order chi connectivity index (χ0) is 30.4. The number of hydrogen-bond donors (Lipinski definition) is 4. The van der Waals surface area contributed by atoms with E-state index in [1.165, 1.54) is 6.20 Å². The van der Waals surface area contributed by atoms with Gasteiger partial charge in [-0.2, -0.15) is 0 Å². The number of hydrogen-bond acceptors (Lipinski definition) is 10. The summed E-state index contributed by atoms with van der Waals surface area (Å²) in [5.74, 6) is -4.44. The number of pyridine rings is 1. The van der Waals surface area contributed by atoms with E-state index in [0.29, 0.717) is 18.7 Å². The monoisotopic (exact) mass is 610 g/mol. The maximum Gasteiger partial charge on any atom is 0.194 e. The van der Waals surface area contributed by atoms with Gasteiger partial charge in [-0.05, 0) is 44.5 Å². The summed E-state index contributed by atoms with van der Waals surface area (Å²) in [6.45, 7) is 5.32. The summed E-state index contributed by atoms with van der Waals surface area (Å²) in [5.41, 5.74) is -1.78. The van der Waals surface area contributed by atoms with Crippen LogP contribution in [0.5, 0.6) is 0 Å². The largest absolute Gasteiger partial charge is 0.394 e. The highest BCUT2D eigenvalue weighted by molar-refractivity contribution is 8.00. The number of nitrogens with zero attached hydrogens (tertiary/aromatic N) is 4. The van der Waals surface area contributed by atoms with Crippen molar-refractivity contribution >= 4 is 11.8 Å². The van der Waals surface area contributed by atoms with Crippen LogP contribution in [0.1, 0.15) is 49.2 Å². The molecule has 1 aromatic carbocycles. The number of aliphatic hydroxyl groups is 4. The van der Waals surface area contributed by atoms with Gasteiger partial charge in [0.05, 0.1) is 41.6 Å². The van der Waals surface area contributed by atoms with Crippen molar-refractivity contribution in [3.63, 3.8) is 0 Å². The molecule has 2 aromatic heterocycles. The molecule has 2 saturated heterocycles. The molecule has 7 atom stereocenters. The Morgan fingerprint density at radius 2 is 1.88 bits per heavy atom. The standard InChI is InChI=1S/C28H33F3N4O6S/c1-14-5-4-7-32-21(14)25(28(39)6-8-40-27(2,3)13-28)42-26-24(38)22(23(37)19(12-36)41-26)35-11-18(33-34-35)15-9-16(29)20(31)17(30)10-15/h4-5,7,9-11,19,22-26,36-39H,6,8,12-13H2,1-3H3/t19-,22+,23+,24-,25?,26+,28-/m1/s1. The Bertz CT molecular complexity index is 1410. The minimum absolute atomic E-state index is 0.0378. The fraction of sp³-hybridized carbons (Fsp3) is 0.536. The van der Waals surface area contributed by atoms with Gasteiger partial charge in [-0.25, -0.2) is 17.9 Å². The molecule has 2 aliphatic heterocycles. The maximum atomic E-state index is 13.9. The molecule has 4 heterocycles. The first-order chi connectivity index (χ1) is 19.8. The van der Waals surface area contributed by atoms with Gasteiger partial charge in [-0.15, -0.1) is 16.9 Å². The SMILES string of the molecule is Cc1cccnc1C(S[C@@H]1O[C@H](CO)[C@H](O)[C@H](n2cc(-c3cc(F)c(F)c(F)c3)nn2)[C@H]1O)[C@@]1(O)CCOC(C)(C)C1. The van der Waals surface area contributed by atoms with E-state index in [4.69, 9.17) is 9.47 Å². The van der Waals surface area contributed by atoms with E-state index in [-0.39, 0.29) is 17.7 Å². The van der Waals surface area contributed by atoms with Crippen LogP contribution in [0.4, 0.5) is 13.2 Å². The van der Waals surface area contributed by atoms with Gasteiger partial charge in [0.2, 0.25) is 0 Å². The fourth-order valence-electron chi connectivity index (χ4n) is 5.71. The zero-order valence-electron chi connectivity index (χ0n) is 23.2. The number of rotatable bonds is 7. The number of ether oxygens (including phenoxy) is 2. The van der Waals surface area contributed by atoms with Crippen molar-refractivity contribution in [1.29, 1.82) is 0 Å². The molecular formula is C28H33F3N4O6S. The van der Waals surface area contributed by atoms with Gasteiger partial charge in [0, 0.05) is 24.6 Å². The van der Waals surface area contributed by atoms with Crippen molar-refractivity contribution in [2.24, 2.45) is 0 Å². The van der Waals surface area contributed by atoms with Crippen LogP contribution in [-0.2, 0) is 9.47 Å². The van der Waals surface area contributed by atoms with Crippen molar-refractivity contribution < 1.29 is 43.1 Å². The zero-order valence-corrected chi connectivity index (χ0v) is 24.0. The fourth-order valence-corrected chi connectivity index (χ4v) is 7.33. The molecular weight excluding hydrogens is 577 g/mol. The number of aliphatic hydroxyl groups excluding tert-OH is 3. The molecule has 0 radical (unpaired) electrons. The quantitative estimate of drug-likeness (QED) is 0.295. The molecule has 4 N–H and O–H groups in total. The summed E-state index contributed by atoms with van der Waals surface area (Å²) in [6, 6.07) is 3.95. The highest BCUT2D eigenvalue weighted by Gasteiger charge is 2.52. The van der Waals surface area contributed by atoms with Crippen molar-refractivity contribution in [3.8, 4) is 11.3 Å². The van der Waals surface area contributed by atoms with Crippen LogP contribution < -0.4 is 0 Å². The van der Waals surface area contributed by atoms with E-state index in [9.17, 15) is 33.6 Å². The molecule has 0 saturated carbocycles. The molecule has 0 amide bonds. The molecule has 5 rings (SSSR count). The van der Waals surface area contributed by atoms with Crippen molar-refractivity contribution in [1.82, 2.24) is 20.0 Å². The molecule has 0 spiro atoms. The third-order valence-corrected chi connectivity index (χ3v) is 9.35. The van der Waals surface area contributed by atoms with E-state index in [0.717, 1.165) is 34.1 Å². The molecule has 3 aromatic rings. The number of benzene rings is 1. The van der Waals surface area contributed by atoms with Gasteiger partial charge in [0.15, 0.2) is 17.5 Å². The number of aryl methyl sites for hydroxylation is 1. The Morgan fingerprint density at radius 3 is 2.52 bits per heavy atom. The van der Waals surface area contributed by atoms with Crippen molar-refractivity contribution in [3.05, 3.63) is 65.4 Å². The van der Waals surface area contributed by atoms with Crippen LogP contribution in [0, 0.1) is 24.4 Å². The van der Waals surface area contributed by atoms with Gasteiger partial charge in [0.25, 0.3) is 0 Å². The summed E-state index contributed by atoms with van der Waals surface area (Å²) in [7, 11) is 0. The summed E-state index contributed by atoms with van der Waals surface area (Å²) in [5, 5.41) is 51.8. The Kier molecular flexibility index (Phi) is 8.69. The molecule has 2 fully saturated rings. The van der Waals surface area contributed by atoms with Gasteiger partial charge in [-0.3, -0.25) is 4.98 Å². The summed E-state index contributed by atoms with van der Waals surface area (Å²) in [6.07, 6.45) is -0.647. The topological polar surface area (TPSA) is 143 Å². The smallest absolute Gasteiger partial charge is 0.194 e. The lowest BCUT2D eigenvalue weighted by molar-refractivity contribution is -0.179. The van der Waals surface area contributed by atoms with Crippen LogP contribution in [-0.4, -0.2) is 88.6 Å². The Balaban J connectivity index is 1.49. The number of halogens is 3. The molecule has 0 bridgehead atoms. The van der Waals surface area contributed by atoms with Gasteiger partial charge in [0.1, 0.15) is 35.5 Å². The van der Waals surface area contributed by atoms with Crippen LogP contribution in [0.3, 0.4) is 0 Å². The highest BCUT2D eigenvalue weighted by atomic mass is 32.2.